The van der Waals surface area contributed by atoms with Gasteiger partial charge in [-0.3, -0.25) is 9.13 Å². The molecule has 0 bridgehead atoms. The Kier molecular flexibility index (Phi) is 9.99. The van der Waals surface area contributed by atoms with Crippen LogP contribution in [0.2, 0.25) is 0 Å². The summed E-state index contributed by atoms with van der Waals surface area (Å²) in [7, 11) is -10.1. The van der Waals surface area contributed by atoms with Crippen molar-refractivity contribution in [2.75, 3.05) is 5.32 Å². The Labute approximate surface area is 180 Å². The van der Waals surface area contributed by atoms with Gasteiger partial charge in [0.15, 0.2) is 5.13 Å². The third-order valence-electron chi connectivity index (χ3n) is 2.45. The van der Waals surface area contributed by atoms with E-state index in [1.165, 1.54) is 6.20 Å². The second kappa shape index (κ2) is 9.59. The van der Waals surface area contributed by atoms with Crippen molar-refractivity contribution >= 4 is 90.8 Å². The van der Waals surface area contributed by atoms with E-state index in [-0.39, 0.29) is 64.2 Å². The first-order valence-corrected chi connectivity index (χ1v) is 9.74. The summed E-state index contributed by atoms with van der Waals surface area (Å²) in [6.45, 7) is 0. The molecule has 23 heavy (non-hydrogen) atoms. The number of benzene rings is 1. The Bertz CT molecular complexity index is 697. The van der Waals surface area contributed by atoms with Gasteiger partial charge >= 0.3 is 74.3 Å². The molecule has 1 heterocycles. The van der Waals surface area contributed by atoms with Crippen LogP contribution in [-0.2, 0) is 9.13 Å². The predicted octanol–water partition coefficient (Wildman–Crippen LogP) is 0.564. The van der Waals surface area contributed by atoms with E-state index in [1.807, 2.05) is 30.3 Å². The SMILES string of the molecule is O=P(O)(O)C(Nc1ncc(-c2ccccc2)s1)P(=O)(O)O.[NaH].[NaH]. The van der Waals surface area contributed by atoms with Gasteiger partial charge in [0.25, 0.3) is 0 Å². The van der Waals surface area contributed by atoms with Crippen LogP contribution in [0.5, 0.6) is 0 Å². The first kappa shape index (κ1) is 23.9. The summed E-state index contributed by atoms with van der Waals surface area (Å²) < 4.78 is 22.4. The van der Waals surface area contributed by atoms with Gasteiger partial charge in [-0.1, -0.05) is 41.7 Å². The van der Waals surface area contributed by atoms with Crippen LogP contribution in [0.4, 0.5) is 5.13 Å². The molecule has 5 N–H and O–H groups in total. The zero-order valence-corrected chi connectivity index (χ0v) is 13.0. The molecule has 118 valence electrons. The molecule has 0 saturated carbocycles. The molecule has 1 aromatic carbocycles. The molecule has 8 nitrogen and oxygen atoms in total. The monoisotopic (exact) mass is 398 g/mol. The van der Waals surface area contributed by atoms with Crippen molar-refractivity contribution in [3.05, 3.63) is 36.5 Å². The molecule has 0 unspecified atom stereocenters. The van der Waals surface area contributed by atoms with Gasteiger partial charge < -0.3 is 24.9 Å². The number of rotatable bonds is 5. The van der Waals surface area contributed by atoms with Gasteiger partial charge in [-0.05, 0) is 5.56 Å². The van der Waals surface area contributed by atoms with Crippen LogP contribution >= 0.6 is 26.5 Å². The van der Waals surface area contributed by atoms with E-state index in [0.29, 0.717) is 4.88 Å². The van der Waals surface area contributed by atoms with Gasteiger partial charge in [0, 0.05) is 6.20 Å². The normalized spacial score (nSPS) is 11.5. The molecule has 0 aliphatic heterocycles. The van der Waals surface area contributed by atoms with Crippen LogP contribution in [0.15, 0.2) is 36.5 Å². The van der Waals surface area contributed by atoms with Crippen molar-refractivity contribution in [1.82, 2.24) is 4.98 Å². The molecule has 1 aromatic heterocycles. The van der Waals surface area contributed by atoms with Gasteiger partial charge in [0.1, 0.15) is 0 Å². The van der Waals surface area contributed by atoms with Gasteiger partial charge in [-0.2, -0.15) is 0 Å². The Morgan fingerprint density at radius 1 is 1.00 bits per heavy atom. The number of nitrogens with zero attached hydrogens (tertiary/aromatic N) is 1. The summed E-state index contributed by atoms with van der Waals surface area (Å²) in [5.41, 5.74) is -1.47. The summed E-state index contributed by atoms with van der Waals surface area (Å²) in [4.78, 5) is 40.7. The third-order valence-corrected chi connectivity index (χ3v) is 6.77. The topological polar surface area (TPSA) is 140 Å². The fraction of sp³-hybridized carbons (Fsp3) is 0.100. The first-order valence-electron chi connectivity index (χ1n) is 5.56. The summed E-state index contributed by atoms with van der Waals surface area (Å²) in [6.07, 6.45) is 1.46. The maximum atomic E-state index is 11.2. The summed E-state index contributed by atoms with van der Waals surface area (Å²) in [5.74, 6) is 0. The van der Waals surface area contributed by atoms with Crippen LogP contribution in [0.25, 0.3) is 10.4 Å². The van der Waals surface area contributed by atoms with E-state index < -0.39 is 20.7 Å². The standard InChI is InChI=1S/C10H12N2O6P2S.2Na.2H/c13-19(14,15)10(20(16,17)18)12-9-11-6-8(21-9)7-4-2-1-3-5-7;;;;/h1-6,10H,(H,11,12)(H2,13,14,15)(H2,16,17,18);;;;. The molecule has 2 aromatic rings. The summed E-state index contributed by atoms with van der Waals surface area (Å²) >= 11 is 1.04. The summed E-state index contributed by atoms with van der Waals surface area (Å²) in [6, 6.07) is 9.11. The first-order chi connectivity index (χ1) is 9.68. The third kappa shape index (κ3) is 6.99. The molecular weight excluding hydrogens is 384 g/mol. The van der Waals surface area contributed by atoms with Crippen LogP contribution < -0.4 is 5.32 Å². The average Bonchev–Trinajstić information content (AvgIpc) is 2.83. The number of hydrogen-bond donors (Lipinski definition) is 5. The molecule has 2 rings (SSSR count). The van der Waals surface area contributed by atoms with Crippen LogP contribution in [0.1, 0.15) is 0 Å². The molecule has 13 heteroatoms. The molecule has 0 aliphatic rings. The van der Waals surface area contributed by atoms with Gasteiger partial charge in [0.2, 0.25) is 5.52 Å². The zero-order chi connectivity index (χ0) is 15.7. The Balaban J connectivity index is 0.00000242. The second-order valence-corrected chi connectivity index (χ2v) is 8.92. The van der Waals surface area contributed by atoms with E-state index >= 15 is 0 Å². The maximum absolute atomic E-state index is 11.2. The molecule has 0 amide bonds. The Hall–Kier alpha value is 0.950. The number of anilines is 1. The average molecular weight is 398 g/mol. The van der Waals surface area contributed by atoms with Crippen molar-refractivity contribution in [2.45, 2.75) is 5.52 Å². The van der Waals surface area contributed by atoms with Crippen molar-refractivity contribution in [1.29, 1.82) is 0 Å². The Morgan fingerprint density at radius 3 is 2.00 bits per heavy atom. The molecular formula is C10H14N2Na2O6P2S. The molecule has 0 aliphatic carbocycles. The predicted molar refractivity (Wildman–Crippen MR) is 93.3 cm³/mol. The number of nitrogens with one attached hydrogen (secondary N) is 1. The van der Waals surface area contributed by atoms with Crippen LogP contribution in [0.3, 0.4) is 0 Å². The van der Waals surface area contributed by atoms with Crippen molar-refractivity contribution in [3.8, 4) is 10.4 Å². The van der Waals surface area contributed by atoms with E-state index in [1.54, 1.807) is 0 Å². The molecule has 0 atom stereocenters. The van der Waals surface area contributed by atoms with E-state index in [9.17, 15) is 9.13 Å². The van der Waals surface area contributed by atoms with Gasteiger partial charge in [-0.15, -0.1) is 0 Å². The fourth-order valence-electron chi connectivity index (χ4n) is 1.55. The minimum absolute atomic E-state index is 0. The molecule has 0 spiro atoms. The molecule has 0 radical (unpaired) electrons. The summed E-state index contributed by atoms with van der Waals surface area (Å²) in [5, 5.41) is 2.15. The zero-order valence-electron chi connectivity index (χ0n) is 10.4. The van der Waals surface area contributed by atoms with Crippen LogP contribution in [0, 0.1) is 0 Å². The number of aromatic nitrogens is 1. The molecule has 0 saturated heterocycles. The number of hydrogen-bond acceptors (Lipinski definition) is 5. The van der Waals surface area contributed by atoms with Crippen molar-refractivity contribution < 1.29 is 28.7 Å². The van der Waals surface area contributed by atoms with Gasteiger partial charge in [-0.25, -0.2) is 4.98 Å². The van der Waals surface area contributed by atoms with E-state index in [2.05, 4.69) is 10.3 Å². The van der Waals surface area contributed by atoms with Gasteiger partial charge in [0.05, 0.1) is 4.88 Å². The fourth-order valence-corrected chi connectivity index (χ4v) is 4.72. The number of thiazole rings is 1. The van der Waals surface area contributed by atoms with E-state index in [4.69, 9.17) is 19.6 Å². The second-order valence-electron chi connectivity index (χ2n) is 4.09. The Morgan fingerprint density at radius 2 is 1.52 bits per heavy atom. The van der Waals surface area contributed by atoms with E-state index in [0.717, 1.165) is 16.9 Å². The van der Waals surface area contributed by atoms with Crippen LogP contribution in [-0.4, -0.2) is 89.2 Å². The van der Waals surface area contributed by atoms with Crippen molar-refractivity contribution in [3.63, 3.8) is 0 Å². The quantitative estimate of drug-likeness (QED) is 0.364. The van der Waals surface area contributed by atoms with Crippen molar-refractivity contribution in [2.24, 2.45) is 0 Å². The minimum atomic E-state index is -5.03. The molecule has 0 fully saturated rings.